The topological polar surface area (TPSA) is 62.0 Å². The highest BCUT2D eigenvalue weighted by molar-refractivity contribution is 9.09. The molecule has 0 radical (unpaired) electrons. The Morgan fingerprint density at radius 1 is 1.00 bits per heavy atom. The summed E-state index contributed by atoms with van der Waals surface area (Å²) in [6.07, 6.45) is 6.62. The normalized spacial score (nSPS) is 11.9. The number of aromatic nitrogens is 1. The van der Waals surface area contributed by atoms with Crippen LogP contribution in [-0.2, 0) is 22.9 Å². The number of benzene rings is 2. The Labute approximate surface area is 179 Å². The van der Waals surface area contributed by atoms with Gasteiger partial charge in [-0.3, -0.25) is 0 Å². The lowest BCUT2D eigenvalue weighted by molar-refractivity contribution is 0.579. The van der Waals surface area contributed by atoms with Crippen molar-refractivity contribution in [2.75, 3.05) is 11.9 Å². The van der Waals surface area contributed by atoms with Crippen molar-refractivity contribution in [3.8, 4) is 0 Å². The number of nitrogens with one attached hydrogen (secondary N) is 2. The fraction of sp³-hybridized carbons (Fsp3) is 0.333. The molecule has 3 rings (SSSR count). The van der Waals surface area contributed by atoms with Gasteiger partial charge in [0.05, 0.1) is 4.90 Å². The first-order chi connectivity index (χ1) is 13.5. The predicted octanol–water partition coefficient (Wildman–Crippen LogP) is 5.45. The molecule has 1 heterocycles. The molecule has 0 aliphatic carbocycles. The van der Waals surface area contributed by atoms with Crippen molar-refractivity contribution in [2.24, 2.45) is 0 Å². The third-order valence-electron chi connectivity index (χ3n) is 4.73. The van der Waals surface area contributed by atoms with E-state index in [2.05, 4.69) is 25.6 Å². The van der Waals surface area contributed by atoms with E-state index in [0.29, 0.717) is 22.9 Å². The maximum Gasteiger partial charge on any atom is 0.240 e. The smallest absolute Gasteiger partial charge is 0.240 e. The third-order valence-corrected chi connectivity index (χ3v) is 7.00. The van der Waals surface area contributed by atoms with Gasteiger partial charge in [0.2, 0.25) is 10.0 Å². The molecule has 0 saturated carbocycles. The first-order valence-electron chi connectivity index (χ1n) is 9.40. The highest BCUT2D eigenvalue weighted by atomic mass is 79.9. The van der Waals surface area contributed by atoms with Crippen molar-refractivity contribution in [1.29, 1.82) is 0 Å². The number of fused-ring (bicyclic) bond motifs is 1. The average molecular weight is 484 g/mol. The molecule has 28 heavy (non-hydrogen) atoms. The fourth-order valence-electron chi connectivity index (χ4n) is 3.19. The van der Waals surface area contributed by atoms with E-state index in [1.54, 1.807) is 12.1 Å². The molecule has 2 aromatic carbocycles. The molecule has 0 atom stereocenters. The number of halogens is 2. The lowest BCUT2D eigenvalue weighted by atomic mass is 10.1. The SMILES string of the molecule is O=S(=O)(NCCCc1c[nH]c2ccc(Cl)cc12)c1ccc(CCCCBr)cc1. The largest absolute Gasteiger partial charge is 0.361 e. The lowest BCUT2D eigenvalue weighted by Gasteiger charge is -2.08. The van der Waals surface area contributed by atoms with Crippen LogP contribution in [0.4, 0.5) is 0 Å². The maximum absolute atomic E-state index is 12.5. The van der Waals surface area contributed by atoms with Gasteiger partial charge >= 0.3 is 0 Å². The fourth-order valence-corrected chi connectivity index (χ4v) is 4.83. The molecule has 2 N–H and O–H groups in total. The summed E-state index contributed by atoms with van der Waals surface area (Å²) in [5, 5.41) is 2.78. The van der Waals surface area contributed by atoms with Crippen LogP contribution in [0.3, 0.4) is 0 Å². The van der Waals surface area contributed by atoms with E-state index < -0.39 is 10.0 Å². The number of aryl methyl sites for hydroxylation is 2. The molecule has 0 fully saturated rings. The summed E-state index contributed by atoms with van der Waals surface area (Å²) in [6.45, 7) is 0.391. The Hall–Kier alpha value is -1.34. The van der Waals surface area contributed by atoms with Gasteiger partial charge in [0, 0.05) is 34.0 Å². The maximum atomic E-state index is 12.5. The van der Waals surface area contributed by atoms with Crippen LogP contribution in [-0.4, -0.2) is 25.3 Å². The number of aromatic amines is 1. The van der Waals surface area contributed by atoms with Crippen LogP contribution in [0, 0.1) is 0 Å². The number of hydrogen-bond acceptors (Lipinski definition) is 2. The van der Waals surface area contributed by atoms with Crippen molar-refractivity contribution < 1.29 is 8.42 Å². The molecule has 7 heteroatoms. The Morgan fingerprint density at radius 2 is 1.79 bits per heavy atom. The minimum absolute atomic E-state index is 0.315. The van der Waals surface area contributed by atoms with Gasteiger partial charge in [0.1, 0.15) is 0 Å². The molecule has 0 aliphatic heterocycles. The summed E-state index contributed by atoms with van der Waals surface area (Å²) in [6, 6.07) is 12.9. The first kappa shape index (κ1) is 21.4. The van der Waals surface area contributed by atoms with Crippen LogP contribution < -0.4 is 4.72 Å². The zero-order chi connectivity index (χ0) is 20.0. The second-order valence-corrected chi connectivity index (χ2v) is 9.79. The lowest BCUT2D eigenvalue weighted by Crippen LogP contribution is -2.25. The summed E-state index contributed by atoms with van der Waals surface area (Å²) in [7, 11) is -3.48. The highest BCUT2D eigenvalue weighted by Gasteiger charge is 2.13. The van der Waals surface area contributed by atoms with E-state index in [0.717, 1.165) is 53.0 Å². The Bertz CT molecular complexity index is 1020. The molecule has 3 aromatic rings. The second-order valence-electron chi connectivity index (χ2n) is 6.80. The second kappa shape index (κ2) is 9.92. The summed E-state index contributed by atoms with van der Waals surface area (Å²) >= 11 is 9.50. The van der Waals surface area contributed by atoms with Crippen molar-refractivity contribution in [3.05, 3.63) is 64.8 Å². The van der Waals surface area contributed by atoms with Crippen LogP contribution in [0.2, 0.25) is 5.02 Å². The van der Waals surface area contributed by atoms with Gasteiger partial charge in [-0.15, -0.1) is 0 Å². The van der Waals surface area contributed by atoms with Crippen molar-refractivity contribution >= 4 is 48.5 Å². The molecule has 0 aliphatic rings. The van der Waals surface area contributed by atoms with Gasteiger partial charge in [-0.1, -0.05) is 39.7 Å². The monoisotopic (exact) mass is 482 g/mol. The first-order valence-corrected chi connectivity index (χ1v) is 12.4. The van der Waals surface area contributed by atoms with Crippen molar-refractivity contribution in [3.63, 3.8) is 0 Å². The molecule has 0 amide bonds. The number of H-pyrrole nitrogens is 1. The molecule has 150 valence electrons. The Balaban J connectivity index is 1.52. The van der Waals surface area contributed by atoms with E-state index in [-0.39, 0.29) is 0 Å². The van der Waals surface area contributed by atoms with Crippen LogP contribution in [0.25, 0.3) is 10.9 Å². The van der Waals surface area contributed by atoms with Gasteiger partial charge in [0.15, 0.2) is 0 Å². The molecule has 1 aromatic heterocycles. The summed E-state index contributed by atoms with van der Waals surface area (Å²) in [5.41, 5.74) is 3.35. The van der Waals surface area contributed by atoms with Crippen molar-refractivity contribution in [2.45, 2.75) is 37.0 Å². The molecule has 4 nitrogen and oxygen atoms in total. The molecular weight excluding hydrogens is 460 g/mol. The number of hydrogen-bond donors (Lipinski definition) is 2. The number of rotatable bonds is 10. The molecule has 0 spiro atoms. The van der Waals surface area contributed by atoms with Gasteiger partial charge in [-0.05, 0) is 73.6 Å². The molecule has 0 bridgehead atoms. The third kappa shape index (κ3) is 5.60. The number of alkyl halides is 1. The zero-order valence-corrected chi connectivity index (χ0v) is 18.7. The van der Waals surface area contributed by atoms with Gasteiger partial charge in [-0.2, -0.15) is 0 Å². The summed E-state index contributed by atoms with van der Waals surface area (Å²) in [4.78, 5) is 3.54. The van der Waals surface area contributed by atoms with Gasteiger partial charge in [0.25, 0.3) is 0 Å². The van der Waals surface area contributed by atoms with Crippen LogP contribution in [0.1, 0.15) is 30.4 Å². The Morgan fingerprint density at radius 3 is 2.54 bits per heavy atom. The van der Waals surface area contributed by atoms with E-state index in [1.165, 1.54) is 0 Å². The number of sulfonamides is 1. The van der Waals surface area contributed by atoms with E-state index in [1.807, 2.05) is 36.5 Å². The van der Waals surface area contributed by atoms with Gasteiger partial charge < -0.3 is 4.98 Å². The van der Waals surface area contributed by atoms with E-state index >= 15 is 0 Å². The summed E-state index contributed by atoms with van der Waals surface area (Å²) < 4.78 is 27.7. The predicted molar refractivity (Wildman–Crippen MR) is 120 cm³/mol. The van der Waals surface area contributed by atoms with E-state index in [9.17, 15) is 8.42 Å². The van der Waals surface area contributed by atoms with Gasteiger partial charge in [-0.25, -0.2) is 13.1 Å². The van der Waals surface area contributed by atoms with Crippen LogP contribution in [0.5, 0.6) is 0 Å². The standard InChI is InChI=1S/C21H24BrClN2O2S/c22-12-2-1-4-16-6-9-19(10-7-16)28(26,27)25-13-3-5-17-15-24-21-11-8-18(23)14-20(17)21/h6-11,14-15,24-25H,1-5,12-13H2. The molecular formula is C21H24BrClN2O2S. The van der Waals surface area contributed by atoms with Crippen LogP contribution in [0.15, 0.2) is 53.6 Å². The van der Waals surface area contributed by atoms with Crippen LogP contribution >= 0.6 is 27.5 Å². The quantitative estimate of drug-likeness (QED) is 0.297. The molecule has 0 saturated heterocycles. The highest BCUT2D eigenvalue weighted by Crippen LogP contribution is 2.23. The average Bonchev–Trinajstić information content (AvgIpc) is 3.08. The van der Waals surface area contributed by atoms with Crippen molar-refractivity contribution in [1.82, 2.24) is 9.71 Å². The van der Waals surface area contributed by atoms with E-state index in [4.69, 9.17) is 11.6 Å². The zero-order valence-electron chi connectivity index (χ0n) is 15.5. The number of unbranched alkanes of at least 4 members (excludes halogenated alkanes) is 1. The Kier molecular flexibility index (Phi) is 7.57. The summed E-state index contributed by atoms with van der Waals surface area (Å²) in [5.74, 6) is 0. The minimum atomic E-state index is -3.48. The molecule has 0 unspecified atom stereocenters. The minimum Gasteiger partial charge on any atom is -0.361 e.